The third-order valence-corrected chi connectivity index (χ3v) is 8.87. The molecule has 43 heavy (non-hydrogen) atoms. The molecule has 1 fully saturated rings. The molecular formula is C31H29Cl2N5O4S. The van der Waals surface area contributed by atoms with Crippen LogP contribution >= 0.6 is 34.5 Å². The average Bonchev–Trinajstić information content (AvgIpc) is 3.61. The second-order valence-corrected chi connectivity index (χ2v) is 12.5. The zero-order chi connectivity index (χ0) is 30.1. The topological polar surface area (TPSA) is 91.0 Å². The maximum absolute atomic E-state index is 13.8. The van der Waals surface area contributed by atoms with Gasteiger partial charge in [-0.25, -0.2) is 14.4 Å². The highest BCUT2D eigenvalue weighted by Gasteiger charge is 2.27. The molecule has 4 heterocycles. The quantitative estimate of drug-likeness (QED) is 0.216. The second kappa shape index (κ2) is 12.5. The van der Waals surface area contributed by atoms with Gasteiger partial charge in [-0.05, 0) is 37.1 Å². The first-order valence-corrected chi connectivity index (χ1v) is 15.4. The minimum Gasteiger partial charge on any atom is -0.481 e. The Morgan fingerprint density at radius 3 is 2.56 bits per heavy atom. The van der Waals surface area contributed by atoms with E-state index in [-0.39, 0.29) is 42.6 Å². The molecule has 2 atom stereocenters. The SMILES string of the molecule is C[C@H]1CN(C(=O)Cn2ccn3c(=O)c(OCc4ccccc4)c(-c4ncc(Cc5ccc(Cl)c(Cl)c5)s4)nc23)C[C@H](C)O1. The smallest absolute Gasteiger partial charge is 0.302 e. The first-order valence-electron chi connectivity index (χ1n) is 13.9. The fourth-order valence-electron chi connectivity index (χ4n) is 5.16. The number of rotatable bonds is 8. The maximum atomic E-state index is 13.8. The fourth-order valence-corrected chi connectivity index (χ4v) is 6.42. The number of hydrogen-bond acceptors (Lipinski definition) is 7. The zero-order valence-corrected chi connectivity index (χ0v) is 25.9. The van der Waals surface area contributed by atoms with Gasteiger partial charge in [-0.15, -0.1) is 11.3 Å². The first kappa shape index (κ1) is 29.4. The summed E-state index contributed by atoms with van der Waals surface area (Å²) in [4.78, 5) is 39.3. The third kappa shape index (κ3) is 6.47. The number of halogens is 2. The van der Waals surface area contributed by atoms with E-state index in [1.165, 1.54) is 15.7 Å². The summed E-state index contributed by atoms with van der Waals surface area (Å²) in [6.45, 7) is 5.15. The summed E-state index contributed by atoms with van der Waals surface area (Å²) in [5.74, 6) is 0.353. The Morgan fingerprint density at radius 1 is 1.05 bits per heavy atom. The third-order valence-electron chi connectivity index (χ3n) is 7.13. The van der Waals surface area contributed by atoms with Gasteiger partial charge >= 0.3 is 5.56 Å². The molecule has 9 nitrogen and oxygen atoms in total. The Labute approximate surface area is 262 Å². The number of thiazole rings is 1. The van der Waals surface area contributed by atoms with E-state index in [1.807, 2.05) is 56.3 Å². The number of hydrogen-bond donors (Lipinski definition) is 0. The molecular weight excluding hydrogens is 609 g/mol. The van der Waals surface area contributed by atoms with Gasteiger partial charge in [-0.1, -0.05) is 59.6 Å². The number of ether oxygens (including phenoxy) is 2. The van der Waals surface area contributed by atoms with Gasteiger partial charge in [0, 0.05) is 43.0 Å². The highest BCUT2D eigenvalue weighted by atomic mass is 35.5. The van der Waals surface area contributed by atoms with E-state index in [9.17, 15) is 9.59 Å². The monoisotopic (exact) mass is 637 g/mol. The van der Waals surface area contributed by atoms with Crippen molar-refractivity contribution in [3.05, 3.63) is 104 Å². The number of carbonyl (C=O) groups is 1. The minimum absolute atomic E-state index is 0.0342. The summed E-state index contributed by atoms with van der Waals surface area (Å²) in [5.41, 5.74) is 1.84. The van der Waals surface area contributed by atoms with Gasteiger partial charge in [0.15, 0.2) is 5.69 Å². The molecule has 0 saturated carbocycles. The molecule has 1 amide bonds. The Morgan fingerprint density at radius 2 is 1.81 bits per heavy atom. The molecule has 0 unspecified atom stereocenters. The van der Waals surface area contributed by atoms with Crippen LogP contribution in [0.3, 0.4) is 0 Å². The summed E-state index contributed by atoms with van der Waals surface area (Å²) in [7, 11) is 0. The normalized spacial score (nSPS) is 17.0. The summed E-state index contributed by atoms with van der Waals surface area (Å²) in [6, 6.07) is 15.1. The van der Waals surface area contributed by atoms with Crippen LogP contribution in [0, 0.1) is 0 Å². The van der Waals surface area contributed by atoms with Gasteiger partial charge in [0.25, 0.3) is 0 Å². The maximum Gasteiger partial charge on any atom is 0.302 e. The number of benzene rings is 2. The Bertz CT molecular complexity index is 1830. The molecule has 3 aromatic heterocycles. The molecule has 1 aliphatic rings. The Kier molecular flexibility index (Phi) is 8.54. The molecule has 6 rings (SSSR count). The summed E-state index contributed by atoms with van der Waals surface area (Å²) in [6.07, 6.45) is 5.55. The predicted molar refractivity (Wildman–Crippen MR) is 167 cm³/mol. The molecule has 1 aliphatic heterocycles. The van der Waals surface area contributed by atoms with Gasteiger partial charge in [0.05, 0.1) is 22.3 Å². The molecule has 2 aromatic carbocycles. The number of fused-ring (bicyclic) bond motifs is 1. The van der Waals surface area contributed by atoms with Crippen molar-refractivity contribution in [1.82, 2.24) is 23.8 Å². The van der Waals surface area contributed by atoms with Crippen LogP contribution in [0.15, 0.2) is 71.9 Å². The van der Waals surface area contributed by atoms with E-state index in [4.69, 9.17) is 37.7 Å². The van der Waals surface area contributed by atoms with Crippen molar-refractivity contribution >= 4 is 46.2 Å². The lowest BCUT2D eigenvalue weighted by molar-refractivity contribution is -0.143. The predicted octanol–water partition coefficient (Wildman–Crippen LogP) is 5.73. The van der Waals surface area contributed by atoms with Crippen molar-refractivity contribution in [2.75, 3.05) is 13.1 Å². The van der Waals surface area contributed by atoms with Crippen LogP contribution < -0.4 is 10.3 Å². The second-order valence-electron chi connectivity index (χ2n) is 10.6. The van der Waals surface area contributed by atoms with Crippen molar-refractivity contribution in [3.8, 4) is 16.5 Å². The highest BCUT2D eigenvalue weighted by molar-refractivity contribution is 7.15. The lowest BCUT2D eigenvalue weighted by Crippen LogP contribution is -2.49. The van der Waals surface area contributed by atoms with E-state index >= 15 is 0 Å². The fraction of sp³-hybridized carbons (Fsp3) is 0.290. The molecule has 0 bridgehead atoms. The largest absolute Gasteiger partial charge is 0.481 e. The van der Waals surface area contributed by atoms with Crippen LogP contribution in [0.1, 0.15) is 29.9 Å². The lowest BCUT2D eigenvalue weighted by Gasteiger charge is -2.35. The van der Waals surface area contributed by atoms with Crippen LogP contribution in [0.4, 0.5) is 0 Å². The minimum atomic E-state index is -0.378. The Balaban J connectivity index is 1.35. The van der Waals surface area contributed by atoms with Crippen LogP contribution in [-0.4, -0.2) is 55.0 Å². The van der Waals surface area contributed by atoms with E-state index in [2.05, 4.69) is 4.98 Å². The number of morpholine rings is 1. The van der Waals surface area contributed by atoms with Gasteiger partial charge < -0.3 is 18.9 Å². The molecule has 222 valence electrons. The molecule has 1 saturated heterocycles. The van der Waals surface area contributed by atoms with E-state index < -0.39 is 0 Å². The zero-order valence-electron chi connectivity index (χ0n) is 23.6. The molecule has 0 aliphatic carbocycles. The Hall–Kier alpha value is -3.70. The van der Waals surface area contributed by atoms with Crippen LogP contribution in [0.25, 0.3) is 16.5 Å². The molecule has 12 heteroatoms. The molecule has 0 radical (unpaired) electrons. The van der Waals surface area contributed by atoms with E-state index in [0.717, 1.165) is 16.0 Å². The number of imidazole rings is 1. The van der Waals surface area contributed by atoms with Crippen molar-refractivity contribution in [1.29, 1.82) is 0 Å². The molecule has 0 N–H and O–H groups in total. The number of nitrogens with zero attached hydrogens (tertiary/aromatic N) is 5. The highest BCUT2D eigenvalue weighted by Crippen LogP contribution is 2.32. The van der Waals surface area contributed by atoms with Crippen molar-refractivity contribution in [3.63, 3.8) is 0 Å². The van der Waals surface area contributed by atoms with E-state index in [0.29, 0.717) is 46.0 Å². The first-order chi connectivity index (χ1) is 20.7. The summed E-state index contributed by atoms with van der Waals surface area (Å²) >= 11 is 13.7. The molecule has 5 aromatic rings. The van der Waals surface area contributed by atoms with E-state index in [1.54, 1.807) is 34.1 Å². The van der Waals surface area contributed by atoms with Crippen LogP contribution in [0.2, 0.25) is 10.0 Å². The number of aromatic nitrogens is 4. The van der Waals surface area contributed by atoms with Gasteiger partial charge in [-0.2, -0.15) is 0 Å². The average molecular weight is 639 g/mol. The van der Waals surface area contributed by atoms with Gasteiger partial charge in [0.1, 0.15) is 18.2 Å². The van der Waals surface area contributed by atoms with Crippen molar-refractivity contribution in [2.24, 2.45) is 0 Å². The van der Waals surface area contributed by atoms with Crippen LogP contribution in [0.5, 0.6) is 5.75 Å². The standard InChI is InChI=1S/C31H29Cl2N5O4S/c1-19-15-37(16-20(2)42-19)26(39)17-36-10-11-38-30(40)28(41-18-21-6-4-3-5-7-21)27(35-31(36)38)29-34-14-23(43-29)12-22-8-9-24(32)25(33)13-22/h3-11,13-14,19-20H,12,15-18H2,1-2H3/t19-,20-/m0/s1. The number of carbonyl (C=O) groups excluding carboxylic acids is 1. The summed E-state index contributed by atoms with van der Waals surface area (Å²) < 4.78 is 15.0. The van der Waals surface area contributed by atoms with Crippen LogP contribution in [-0.2, 0) is 29.1 Å². The number of amides is 1. The van der Waals surface area contributed by atoms with Crippen molar-refractivity contribution in [2.45, 2.75) is 45.6 Å². The lowest BCUT2D eigenvalue weighted by atomic mass is 10.1. The van der Waals surface area contributed by atoms with Gasteiger partial charge in [0.2, 0.25) is 17.4 Å². The summed E-state index contributed by atoms with van der Waals surface area (Å²) in [5, 5.41) is 1.51. The molecule has 0 spiro atoms. The van der Waals surface area contributed by atoms with Gasteiger partial charge in [-0.3, -0.25) is 9.59 Å². The van der Waals surface area contributed by atoms with Crippen molar-refractivity contribution < 1.29 is 14.3 Å².